The van der Waals surface area contributed by atoms with E-state index >= 15 is 0 Å². The zero-order valence-electron chi connectivity index (χ0n) is 14.1. The predicted octanol–water partition coefficient (Wildman–Crippen LogP) is 5.23. The van der Waals surface area contributed by atoms with Crippen molar-refractivity contribution in [3.05, 3.63) is 107 Å². The molecule has 0 aliphatic rings. The molecule has 0 fully saturated rings. The van der Waals surface area contributed by atoms with Gasteiger partial charge in [-0.05, 0) is 18.6 Å². The maximum absolute atomic E-state index is 13.0. The average Bonchev–Trinajstić information content (AvgIpc) is 3.01. The van der Waals surface area contributed by atoms with E-state index in [9.17, 15) is 4.79 Å². The number of hydrogen-bond donors (Lipinski definition) is 0. The molecule has 0 saturated carbocycles. The molecule has 0 aliphatic heterocycles. The zero-order chi connectivity index (χ0) is 17.2. The van der Waals surface area contributed by atoms with E-state index in [0.717, 1.165) is 34.1 Å². The van der Waals surface area contributed by atoms with E-state index in [1.54, 1.807) is 0 Å². The van der Waals surface area contributed by atoms with Crippen LogP contribution in [0.4, 0.5) is 0 Å². The molecule has 4 aromatic rings. The van der Waals surface area contributed by atoms with E-state index in [-0.39, 0.29) is 5.78 Å². The minimum atomic E-state index is 0.0722. The van der Waals surface area contributed by atoms with Crippen LogP contribution in [0.2, 0.25) is 0 Å². The molecular weight excluding hydrogens is 306 g/mol. The first-order valence-electron chi connectivity index (χ1n) is 8.45. The van der Waals surface area contributed by atoms with E-state index in [2.05, 4.69) is 22.8 Å². The summed E-state index contributed by atoms with van der Waals surface area (Å²) in [5.41, 5.74) is 4.95. The maximum atomic E-state index is 13.0. The van der Waals surface area contributed by atoms with Gasteiger partial charge in [-0.15, -0.1) is 0 Å². The van der Waals surface area contributed by atoms with Crippen LogP contribution in [-0.4, -0.2) is 10.4 Å². The van der Waals surface area contributed by atoms with Crippen molar-refractivity contribution in [2.45, 2.75) is 13.5 Å². The Morgan fingerprint density at radius 2 is 1.52 bits per heavy atom. The number of hydrogen-bond acceptors (Lipinski definition) is 1. The summed E-state index contributed by atoms with van der Waals surface area (Å²) in [5.74, 6) is 0.0722. The largest absolute Gasteiger partial charge is 0.342 e. The normalized spacial score (nSPS) is 10.9. The van der Waals surface area contributed by atoms with Crippen molar-refractivity contribution < 1.29 is 4.79 Å². The van der Waals surface area contributed by atoms with Gasteiger partial charge in [-0.2, -0.15) is 0 Å². The van der Waals surface area contributed by atoms with Crippen molar-refractivity contribution in [1.29, 1.82) is 0 Å². The Morgan fingerprint density at radius 1 is 0.840 bits per heavy atom. The van der Waals surface area contributed by atoms with E-state index in [4.69, 9.17) is 0 Å². The summed E-state index contributed by atoms with van der Waals surface area (Å²) in [6.45, 7) is 2.78. The first-order valence-corrected chi connectivity index (χ1v) is 8.45. The molecule has 0 N–H and O–H groups in total. The first kappa shape index (κ1) is 15.4. The van der Waals surface area contributed by atoms with Crippen LogP contribution < -0.4 is 0 Å². The topological polar surface area (TPSA) is 22.0 Å². The van der Waals surface area contributed by atoms with Crippen LogP contribution in [0, 0.1) is 6.92 Å². The Balaban J connectivity index is 1.79. The first-order chi connectivity index (χ1) is 12.2. The van der Waals surface area contributed by atoms with Crippen molar-refractivity contribution in [2.75, 3.05) is 0 Å². The van der Waals surface area contributed by atoms with E-state index < -0.39 is 0 Å². The lowest BCUT2D eigenvalue weighted by Crippen LogP contribution is -2.01. The zero-order valence-corrected chi connectivity index (χ0v) is 14.1. The van der Waals surface area contributed by atoms with Gasteiger partial charge < -0.3 is 4.57 Å². The van der Waals surface area contributed by atoms with Crippen molar-refractivity contribution in [3.8, 4) is 0 Å². The summed E-state index contributed by atoms with van der Waals surface area (Å²) < 4.78 is 2.16. The molecule has 25 heavy (non-hydrogen) atoms. The molecule has 0 spiro atoms. The molecule has 0 amide bonds. The van der Waals surface area contributed by atoms with Gasteiger partial charge in [0, 0.05) is 34.8 Å². The fraction of sp³-hybridized carbons (Fsp3) is 0.0870. The minimum Gasteiger partial charge on any atom is -0.342 e. The summed E-state index contributed by atoms with van der Waals surface area (Å²) >= 11 is 0. The highest BCUT2D eigenvalue weighted by Crippen LogP contribution is 2.25. The minimum absolute atomic E-state index is 0.0722. The van der Waals surface area contributed by atoms with Crippen molar-refractivity contribution in [3.63, 3.8) is 0 Å². The third-order valence-corrected chi connectivity index (χ3v) is 4.54. The van der Waals surface area contributed by atoms with Crippen LogP contribution in [0.3, 0.4) is 0 Å². The maximum Gasteiger partial charge on any atom is 0.195 e. The molecular formula is C23H19NO. The number of aryl methyl sites for hydroxylation is 1. The standard InChI is InChI=1S/C23H19NO/c1-17-11-13-19(14-12-17)23(25)21-16-24(15-18-7-3-2-4-8-18)22-10-6-5-9-20(21)22/h2-14,16H,15H2,1H3. The Morgan fingerprint density at radius 3 is 2.28 bits per heavy atom. The lowest BCUT2D eigenvalue weighted by molar-refractivity contribution is 0.104. The molecule has 0 unspecified atom stereocenters. The van der Waals surface area contributed by atoms with Crippen LogP contribution in [-0.2, 0) is 6.54 Å². The smallest absolute Gasteiger partial charge is 0.195 e. The van der Waals surface area contributed by atoms with E-state index in [1.807, 2.05) is 73.8 Å². The summed E-state index contributed by atoms with van der Waals surface area (Å²) in [4.78, 5) is 13.0. The monoisotopic (exact) mass is 325 g/mol. The lowest BCUT2D eigenvalue weighted by Gasteiger charge is -2.05. The van der Waals surface area contributed by atoms with Crippen molar-refractivity contribution >= 4 is 16.7 Å². The summed E-state index contributed by atoms with van der Waals surface area (Å²) in [5, 5.41) is 1.00. The van der Waals surface area contributed by atoms with Gasteiger partial charge in [0.15, 0.2) is 5.78 Å². The molecule has 2 nitrogen and oxygen atoms in total. The number of benzene rings is 3. The molecule has 0 radical (unpaired) electrons. The van der Waals surface area contributed by atoms with Gasteiger partial charge >= 0.3 is 0 Å². The molecule has 1 aromatic heterocycles. The molecule has 0 aliphatic carbocycles. The molecule has 4 rings (SSSR count). The number of carbonyl (C=O) groups is 1. The summed E-state index contributed by atoms with van der Waals surface area (Å²) in [7, 11) is 0. The van der Waals surface area contributed by atoms with Crippen LogP contribution >= 0.6 is 0 Å². The number of ketones is 1. The molecule has 2 heteroatoms. The highest BCUT2D eigenvalue weighted by atomic mass is 16.1. The molecule has 122 valence electrons. The lowest BCUT2D eigenvalue weighted by atomic mass is 10.0. The molecule has 1 heterocycles. The van der Waals surface area contributed by atoms with Crippen molar-refractivity contribution in [1.82, 2.24) is 4.57 Å². The number of aromatic nitrogens is 1. The average molecular weight is 325 g/mol. The molecule has 0 bridgehead atoms. The third kappa shape index (κ3) is 2.99. The van der Waals surface area contributed by atoms with Crippen molar-refractivity contribution in [2.24, 2.45) is 0 Å². The molecule has 0 saturated heterocycles. The van der Waals surface area contributed by atoms with Gasteiger partial charge in [-0.25, -0.2) is 0 Å². The Kier molecular flexibility index (Phi) is 3.95. The number of carbonyl (C=O) groups excluding carboxylic acids is 1. The fourth-order valence-corrected chi connectivity index (χ4v) is 3.20. The molecule has 0 atom stereocenters. The van der Waals surface area contributed by atoms with Gasteiger partial charge in [0.2, 0.25) is 0 Å². The second kappa shape index (κ2) is 6.40. The van der Waals surface area contributed by atoms with Crippen LogP contribution in [0.25, 0.3) is 10.9 Å². The summed E-state index contributed by atoms with van der Waals surface area (Å²) in [6.07, 6.45) is 1.99. The Bertz CT molecular complexity index is 1030. The SMILES string of the molecule is Cc1ccc(C(=O)c2cn(Cc3ccccc3)c3ccccc23)cc1. The quantitative estimate of drug-likeness (QED) is 0.471. The van der Waals surface area contributed by atoms with E-state index in [1.165, 1.54) is 5.56 Å². The van der Waals surface area contributed by atoms with Gasteiger partial charge in [0.1, 0.15) is 0 Å². The Labute approximate surface area is 147 Å². The van der Waals surface area contributed by atoms with E-state index in [0.29, 0.717) is 0 Å². The second-order valence-corrected chi connectivity index (χ2v) is 6.37. The van der Waals surface area contributed by atoms with Crippen LogP contribution in [0.15, 0.2) is 85.1 Å². The van der Waals surface area contributed by atoms with Gasteiger partial charge in [0.25, 0.3) is 0 Å². The molecule has 3 aromatic carbocycles. The van der Waals surface area contributed by atoms with Gasteiger partial charge in [0.05, 0.1) is 0 Å². The number of para-hydroxylation sites is 1. The highest BCUT2D eigenvalue weighted by Gasteiger charge is 2.16. The Hall–Kier alpha value is -3.13. The number of nitrogens with zero attached hydrogens (tertiary/aromatic N) is 1. The number of fused-ring (bicyclic) bond motifs is 1. The predicted molar refractivity (Wildman–Crippen MR) is 102 cm³/mol. The fourth-order valence-electron chi connectivity index (χ4n) is 3.20. The highest BCUT2D eigenvalue weighted by molar-refractivity contribution is 6.16. The van der Waals surface area contributed by atoms with Crippen LogP contribution in [0.1, 0.15) is 27.0 Å². The van der Waals surface area contributed by atoms with Gasteiger partial charge in [-0.3, -0.25) is 4.79 Å². The second-order valence-electron chi connectivity index (χ2n) is 6.37. The number of rotatable bonds is 4. The summed E-state index contributed by atoms with van der Waals surface area (Å²) in [6, 6.07) is 26.2. The van der Waals surface area contributed by atoms with Crippen LogP contribution in [0.5, 0.6) is 0 Å². The third-order valence-electron chi connectivity index (χ3n) is 4.54. The van der Waals surface area contributed by atoms with Gasteiger partial charge in [-0.1, -0.05) is 78.4 Å².